The second kappa shape index (κ2) is 7.69. The van der Waals surface area contributed by atoms with Gasteiger partial charge in [-0.1, -0.05) is 6.07 Å². The van der Waals surface area contributed by atoms with Gasteiger partial charge < -0.3 is 10.7 Å². The summed E-state index contributed by atoms with van der Waals surface area (Å²) in [5.41, 5.74) is 6.42. The zero-order valence-corrected chi connectivity index (χ0v) is 18.2. The second-order valence-corrected chi connectivity index (χ2v) is 9.22. The van der Waals surface area contributed by atoms with E-state index < -0.39 is 29.7 Å². The molecular formula is C24H25F2N5O2. The molecule has 3 N–H and O–H groups in total. The quantitative estimate of drug-likeness (QED) is 0.618. The Balaban J connectivity index is 1.51. The number of rotatable bonds is 5. The Morgan fingerprint density at radius 2 is 2.03 bits per heavy atom. The lowest BCUT2D eigenvalue weighted by Crippen LogP contribution is -2.59. The molecular weight excluding hydrogens is 428 g/mol. The van der Waals surface area contributed by atoms with E-state index in [1.54, 1.807) is 17.9 Å². The van der Waals surface area contributed by atoms with Crippen LogP contribution in [0.15, 0.2) is 47.5 Å². The van der Waals surface area contributed by atoms with Crippen molar-refractivity contribution in [2.24, 2.45) is 5.73 Å². The fraction of sp³-hybridized carbons (Fsp3) is 0.417. The Morgan fingerprint density at radius 1 is 1.24 bits per heavy atom. The van der Waals surface area contributed by atoms with Crippen LogP contribution in [0.25, 0.3) is 11.0 Å². The van der Waals surface area contributed by atoms with Crippen LogP contribution in [-0.2, 0) is 10.3 Å². The number of H-pyrrole nitrogens is 1. The Bertz CT molecular complexity index is 1270. The number of nitrogens with zero attached hydrogens (tertiary/aromatic N) is 3. The van der Waals surface area contributed by atoms with E-state index in [9.17, 15) is 18.4 Å². The standard InChI is InChI=1S/C24H25F2N5O2/c1-23(22(27)33,19-6-4-15-10-17(14-2-3-14)12-29-21(15)30-19)31-9-8-24(25,26)18(13-31)16-5-7-20(32)28-11-16/h4-7,10-12,14,18H,2-3,8-9,13H2,1H3,(H2,27,33)(H,28,32)/t18-,23?/m1/s1. The summed E-state index contributed by atoms with van der Waals surface area (Å²) in [5.74, 6) is -4.32. The molecule has 0 aromatic carbocycles. The Hall–Kier alpha value is -3.20. The number of carbonyl (C=O) groups excluding carboxylic acids is 1. The van der Waals surface area contributed by atoms with Crippen molar-refractivity contribution < 1.29 is 13.6 Å². The Morgan fingerprint density at radius 3 is 2.70 bits per heavy atom. The number of alkyl halides is 2. The van der Waals surface area contributed by atoms with Crippen LogP contribution in [0.4, 0.5) is 8.78 Å². The maximum absolute atomic E-state index is 14.9. The minimum absolute atomic E-state index is 0.0277. The summed E-state index contributed by atoms with van der Waals surface area (Å²) in [7, 11) is 0. The Labute approximate surface area is 189 Å². The van der Waals surface area contributed by atoms with Crippen molar-refractivity contribution in [3.8, 4) is 0 Å². The fourth-order valence-corrected chi connectivity index (χ4v) is 4.68. The molecule has 2 atom stereocenters. The second-order valence-electron chi connectivity index (χ2n) is 9.22. The first-order valence-electron chi connectivity index (χ1n) is 11.1. The lowest BCUT2D eigenvalue weighted by molar-refractivity contribution is -0.139. The number of halogens is 2. The van der Waals surface area contributed by atoms with Gasteiger partial charge in [-0.25, -0.2) is 18.7 Å². The minimum Gasteiger partial charge on any atom is -0.368 e. The molecule has 3 aromatic heterocycles. The number of nitrogens with two attached hydrogens (primary N) is 1. The van der Waals surface area contributed by atoms with Crippen LogP contribution < -0.4 is 11.3 Å². The SMILES string of the molecule is CC(C(N)=O)(c1ccc2cc(C3CC3)cnc2n1)N1CCC(F)(F)[C@@H](c2ccc(=O)[nH]c2)C1. The molecule has 0 radical (unpaired) electrons. The molecule has 1 aliphatic heterocycles. The molecule has 4 heterocycles. The number of hydrogen-bond donors (Lipinski definition) is 2. The fourth-order valence-electron chi connectivity index (χ4n) is 4.68. The highest BCUT2D eigenvalue weighted by atomic mass is 19.3. The number of pyridine rings is 3. The van der Waals surface area contributed by atoms with Crippen molar-refractivity contribution in [2.75, 3.05) is 13.1 Å². The molecule has 1 amide bonds. The van der Waals surface area contributed by atoms with Crippen molar-refractivity contribution in [1.82, 2.24) is 19.9 Å². The molecule has 1 aliphatic carbocycles. The van der Waals surface area contributed by atoms with Gasteiger partial charge in [0.05, 0.1) is 11.6 Å². The monoisotopic (exact) mass is 453 g/mol. The summed E-state index contributed by atoms with van der Waals surface area (Å²) in [6.07, 6.45) is 4.99. The van der Waals surface area contributed by atoms with E-state index in [1.807, 2.05) is 12.3 Å². The predicted molar refractivity (Wildman–Crippen MR) is 119 cm³/mol. The highest BCUT2D eigenvalue weighted by Gasteiger charge is 2.51. The topological polar surface area (TPSA) is 105 Å². The molecule has 0 bridgehead atoms. The van der Waals surface area contributed by atoms with Gasteiger partial charge in [0.2, 0.25) is 11.5 Å². The molecule has 9 heteroatoms. The molecule has 7 nitrogen and oxygen atoms in total. The van der Waals surface area contributed by atoms with E-state index >= 15 is 0 Å². The van der Waals surface area contributed by atoms with E-state index in [-0.39, 0.29) is 18.6 Å². The van der Waals surface area contributed by atoms with Gasteiger partial charge in [0.1, 0.15) is 5.54 Å². The molecule has 33 heavy (non-hydrogen) atoms. The summed E-state index contributed by atoms with van der Waals surface area (Å²) >= 11 is 0. The number of hydrogen-bond acceptors (Lipinski definition) is 5. The zero-order chi connectivity index (χ0) is 23.4. The van der Waals surface area contributed by atoms with Crippen LogP contribution in [0.1, 0.15) is 54.8 Å². The van der Waals surface area contributed by atoms with Gasteiger partial charge in [0, 0.05) is 43.4 Å². The van der Waals surface area contributed by atoms with Crippen LogP contribution in [0, 0.1) is 0 Å². The lowest BCUT2D eigenvalue weighted by Gasteiger charge is -2.46. The number of fused-ring (bicyclic) bond motifs is 1. The van der Waals surface area contributed by atoms with Gasteiger partial charge in [-0.15, -0.1) is 0 Å². The average Bonchev–Trinajstić information content (AvgIpc) is 3.64. The van der Waals surface area contributed by atoms with Gasteiger partial charge in [-0.2, -0.15) is 0 Å². The van der Waals surface area contributed by atoms with Crippen LogP contribution in [-0.4, -0.2) is 44.8 Å². The van der Waals surface area contributed by atoms with E-state index in [4.69, 9.17) is 5.73 Å². The molecule has 5 rings (SSSR count). The third-order valence-corrected chi connectivity index (χ3v) is 7.06. The molecule has 2 fully saturated rings. The highest BCUT2D eigenvalue weighted by Crippen LogP contribution is 2.44. The van der Waals surface area contributed by atoms with Crippen LogP contribution >= 0.6 is 0 Å². The first-order valence-corrected chi connectivity index (χ1v) is 11.1. The number of aromatic amines is 1. The van der Waals surface area contributed by atoms with E-state index in [1.165, 1.54) is 23.9 Å². The van der Waals surface area contributed by atoms with Crippen LogP contribution in [0.2, 0.25) is 0 Å². The molecule has 1 saturated carbocycles. The van der Waals surface area contributed by atoms with Crippen molar-refractivity contribution in [2.45, 2.75) is 49.5 Å². The van der Waals surface area contributed by atoms with Gasteiger partial charge >= 0.3 is 0 Å². The molecule has 0 spiro atoms. The van der Waals surface area contributed by atoms with Gasteiger partial charge in [0.15, 0.2) is 5.65 Å². The number of likely N-dealkylation sites (tertiary alicyclic amines) is 1. The Kier molecular flexibility index (Phi) is 5.04. The number of piperidine rings is 1. The minimum atomic E-state index is -3.00. The van der Waals surface area contributed by atoms with E-state index in [2.05, 4.69) is 21.0 Å². The maximum Gasteiger partial charge on any atom is 0.257 e. The smallest absolute Gasteiger partial charge is 0.257 e. The summed E-state index contributed by atoms with van der Waals surface area (Å²) in [5, 5.41) is 0.867. The largest absolute Gasteiger partial charge is 0.368 e. The average molecular weight is 453 g/mol. The third kappa shape index (κ3) is 3.80. The molecule has 3 aromatic rings. The molecule has 1 unspecified atom stereocenters. The number of primary amides is 1. The summed E-state index contributed by atoms with van der Waals surface area (Å²) in [6, 6.07) is 8.28. The maximum atomic E-state index is 14.9. The van der Waals surface area contributed by atoms with Crippen molar-refractivity contribution in [3.05, 3.63) is 69.9 Å². The van der Waals surface area contributed by atoms with E-state index in [0.717, 1.165) is 18.2 Å². The highest BCUT2D eigenvalue weighted by molar-refractivity contribution is 5.86. The molecule has 2 aliphatic rings. The summed E-state index contributed by atoms with van der Waals surface area (Å²) < 4.78 is 29.8. The van der Waals surface area contributed by atoms with Crippen LogP contribution in [0.5, 0.6) is 0 Å². The predicted octanol–water partition coefficient (Wildman–Crippen LogP) is 3.02. The zero-order valence-electron chi connectivity index (χ0n) is 18.2. The first-order chi connectivity index (χ1) is 15.7. The summed E-state index contributed by atoms with van der Waals surface area (Å²) in [4.78, 5) is 37.4. The number of amides is 1. The van der Waals surface area contributed by atoms with Crippen molar-refractivity contribution >= 4 is 16.9 Å². The van der Waals surface area contributed by atoms with Gasteiger partial charge in [0.25, 0.3) is 5.92 Å². The third-order valence-electron chi connectivity index (χ3n) is 7.06. The number of carbonyl (C=O) groups is 1. The van der Waals surface area contributed by atoms with Gasteiger partial charge in [-0.05, 0) is 55.0 Å². The normalized spacial score (nSPS) is 22.7. The van der Waals surface area contributed by atoms with Gasteiger partial charge in [-0.3, -0.25) is 14.5 Å². The van der Waals surface area contributed by atoms with Crippen molar-refractivity contribution in [1.29, 1.82) is 0 Å². The summed E-state index contributed by atoms with van der Waals surface area (Å²) in [6.45, 7) is 1.47. The van der Waals surface area contributed by atoms with Crippen molar-refractivity contribution in [3.63, 3.8) is 0 Å². The molecule has 1 saturated heterocycles. The lowest BCUT2D eigenvalue weighted by atomic mass is 9.83. The number of aromatic nitrogens is 3. The number of nitrogens with one attached hydrogen (secondary N) is 1. The van der Waals surface area contributed by atoms with E-state index in [0.29, 0.717) is 22.8 Å². The van der Waals surface area contributed by atoms with Crippen LogP contribution in [0.3, 0.4) is 0 Å². The molecule has 172 valence electrons. The first kappa shape index (κ1) is 21.6.